The van der Waals surface area contributed by atoms with Gasteiger partial charge in [0.25, 0.3) is 15.9 Å². The standard InChI is InChI=1S/C25H29Cl2N3O5S/c1-16(2)14-28-24(32)17(3)29(15-18-10-11-19(26)13-21(18)27)23(31)9-6-12-30-25(33)20-7-4-5-8-22(20)36(30,34)35/h4-5,7-8,10-11,13,16-17H,6,9,12,14-15H2,1-3H3,(H,28,32). The van der Waals surface area contributed by atoms with Crippen LogP contribution in [0.2, 0.25) is 10.0 Å². The van der Waals surface area contributed by atoms with Crippen molar-refractivity contribution in [1.82, 2.24) is 14.5 Å². The summed E-state index contributed by atoms with van der Waals surface area (Å²) in [6.07, 6.45) is 0.0334. The van der Waals surface area contributed by atoms with Crippen LogP contribution in [0.15, 0.2) is 47.4 Å². The molecule has 36 heavy (non-hydrogen) atoms. The summed E-state index contributed by atoms with van der Waals surface area (Å²) in [5.74, 6) is -1.05. The third-order valence-corrected chi connectivity index (χ3v) is 8.30. The normalized spacial score (nSPS) is 15.1. The van der Waals surface area contributed by atoms with Crippen LogP contribution in [0, 0.1) is 5.92 Å². The summed E-state index contributed by atoms with van der Waals surface area (Å²) in [6.45, 7) is 5.94. The summed E-state index contributed by atoms with van der Waals surface area (Å²) in [5, 5.41) is 3.64. The first-order valence-electron chi connectivity index (χ1n) is 11.6. The van der Waals surface area contributed by atoms with Crippen molar-refractivity contribution < 1.29 is 22.8 Å². The maximum Gasteiger partial charge on any atom is 0.269 e. The second-order valence-electron chi connectivity index (χ2n) is 9.05. The Bertz CT molecular complexity index is 1270. The summed E-state index contributed by atoms with van der Waals surface area (Å²) in [7, 11) is -3.95. The number of sulfonamides is 1. The lowest BCUT2D eigenvalue weighted by Crippen LogP contribution is -2.48. The molecule has 0 saturated carbocycles. The van der Waals surface area contributed by atoms with Gasteiger partial charge in [0.05, 0.1) is 5.56 Å². The maximum absolute atomic E-state index is 13.3. The summed E-state index contributed by atoms with van der Waals surface area (Å²) in [6, 6.07) is 10.1. The molecule has 2 aromatic rings. The Morgan fingerprint density at radius 1 is 1.08 bits per heavy atom. The number of fused-ring (bicyclic) bond motifs is 1. The molecule has 11 heteroatoms. The molecule has 1 unspecified atom stereocenters. The van der Waals surface area contributed by atoms with Gasteiger partial charge >= 0.3 is 0 Å². The van der Waals surface area contributed by atoms with E-state index >= 15 is 0 Å². The Labute approximate surface area is 221 Å². The fourth-order valence-corrected chi connectivity index (χ4v) is 5.91. The zero-order valence-electron chi connectivity index (χ0n) is 20.3. The molecule has 0 radical (unpaired) electrons. The molecule has 2 aromatic carbocycles. The Kier molecular flexibility index (Phi) is 9.03. The molecule has 194 valence electrons. The monoisotopic (exact) mass is 553 g/mol. The van der Waals surface area contributed by atoms with E-state index in [4.69, 9.17) is 23.2 Å². The van der Waals surface area contributed by atoms with E-state index in [1.807, 2.05) is 13.8 Å². The van der Waals surface area contributed by atoms with Crippen LogP contribution in [0.1, 0.15) is 49.5 Å². The third-order valence-electron chi connectivity index (χ3n) is 5.87. The van der Waals surface area contributed by atoms with Crippen molar-refractivity contribution in [3.05, 3.63) is 63.6 Å². The second kappa shape index (κ2) is 11.6. The summed E-state index contributed by atoms with van der Waals surface area (Å²) < 4.78 is 26.3. The largest absolute Gasteiger partial charge is 0.354 e. The molecule has 0 fully saturated rings. The quantitative estimate of drug-likeness (QED) is 0.476. The van der Waals surface area contributed by atoms with Crippen LogP contribution >= 0.6 is 23.2 Å². The van der Waals surface area contributed by atoms with Crippen molar-refractivity contribution in [2.75, 3.05) is 13.1 Å². The number of carbonyl (C=O) groups excluding carboxylic acids is 3. The lowest BCUT2D eigenvalue weighted by Gasteiger charge is -2.29. The van der Waals surface area contributed by atoms with Gasteiger partial charge in [-0.1, -0.05) is 55.2 Å². The average molecular weight is 554 g/mol. The van der Waals surface area contributed by atoms with E-state index in [0.29, 0.717) is 22.2 Å². The van der Waals surface area contributed by atoms with Crippen molar-refractivity contribution >= 4 is 50.9 Å². The van der Waals surface area contributed by atoms with E-state index in [0.717, 1.165) is 4.31 Å². The number of hydrogen-bond donors (Lipinski definition) is 1. The Morgan fingerprint density at radius 2 is 1.78 bits per heavy atom. The number of nitrogens with zero attached hydrogens (tertiary/aromatic N) is 2. The fourth-order valence-electron chi connectivity index (χ4n) is 3.84. The molecule has 0 bridgehead atoms. The summed E-state index contributed by atoms with van der Waals surface area (Å²) in [4.78, 5) is 40.0. The van der Waals surface area contributed by atoms with E-state index in [1.54, 1.807) is 37.3 Å². The van der Waals surface area contributed by atoms with Gasteiger partial charge in [0.1, 0.15) is 10.9 Å². The highest BCUT2D eigenvalue weighted by Gasteiger charge is 2.40. The topological polar surface area (TPSA) is 104 Å². The van der Waals surface area contributed by atoms with Crippen LogP contribution < -0.4 is 5.32 Å². The van der Waals surface area contributed by atoms with Crippen LogP contribution in [-0.2, 0) is 26.2 Å². The summed E-state index contributed by atoms with van der Waals surface area (Å²) in [5.41, 5.74) is 0.740. The molecular weight excluding hydrogens is 525 g/mol. The molecule has 1 N–H and O–H groups in total. The molecule has 3 amide bonds. The first-order valence-corrected chi connectivity index (χ1v) is 13.8. The van der Waals surface area contributed by atoms with Gasteiger partial charge in [-0.05, 0) is 49.1 Å². The number of hydrogen-bond acceptors (Lipinski definition) is 5. The minimum atomic E-state index is -3.95. The van der Waals surface area contributed by atoms with Crippen molar-refractivity contribution in [1.29, 1.82) is 0 Å². The number of benzene rings is 2. The molecule has 8 nitrogen and oxygen atoms in total. The van der Waals surface area contributed by atoms with E-state index in [-0.39, 0.29) is 54.1 Å². The molecule has 1 atom stereocenters. The third kappa shape index (κ3) is 6.19. The van der Waals surface area contributed by atoms with Gasteiger partial charge in [0.15, 0.2) is 0 Å². The van der Waals surface area contributed by atoms with Gasteiger partial charge in [0, 0.05) is 36.1 Å². The predicted molar refractivity (Wildman–Crippen MR) is 138 cm³/mol. The predicted octanol–water partition coefficient (Wildman–Crippen LogP) is 4.11. The lowest BCUT2D eigenvalue weighted by atomic mass is 10.1. The molecule has 1 aliphatic heterocycles. The van der Waals surface area contributed by atoms with E-state index in [2.05, 4.69) is 5.32 Å². The van der Waals surface area contributed by atoms with E-state index < -0.39 is 22.0 Å². The molecule has 1 aliphatic rings. The van der Waals surface area contributed by atoms with Crippen LogP contribution in [0.25, 0.3) is 0 Å². The Balaban J connectivity index is 1.73. The van der Waals surface area contributed by atoms with Gasteiger partial charge in [-0.25, -0.2) is 12.7 Å². The van der Waals surface area contributed by atoms with Crippen LogP contribution in [-0.4, -0.2) is 54.5 Å². The lowest BCUT2D eigenvalue weighted by molar-refractivity contribution is -0.140. The van der Waals surface area contributed by atoms with Crippen molar-refractivity contribution in [2.45, 2.75) is 51.1 Å². The van der Waals surface area contributed by atoms with E-state index in [1.165, 1.54) is 17.0 Å². The molecule has 1 heterocycles. The molecule has 0 spiro atoms. The first-order chi connectivity index (χ1) is 16.9. The fraction of sp³-hybridized carbons (Fsp3) is 0.400. The number of nitrogens with one attached hydrogen (secondary N) is 1. The highest BCUT2D eigenvalue weighted by Crippen LogP contribution is 2.30. The zero-order chi connectivity index (χ0) is 26.6. The van der Waals surface area contributed by atoms with Gasteiger partial charge in [-0.3, -0.25) is 14.4 Å². The number of amides is 3. The molecule has 0 aromatic heterocycles. The highest BCUT2D eigenvalue weighted by molar-refractivity contribution is 7.90. The highest BCUT2D eigenvalue weighted by atomic mass is 35.5. The van der Waals surface area contributed by atoms with Crippen LogP contribution in [0.4, 0.5) is 0 Å². The Hall–Kier alpha value is -2.62. The molecule has 0 aliphatic carbocycles. The number of carbonyl (C=O) groups is 3. The van der Waals surface area contributed by atoms with E-state index in [9.17, 15) is 22.8 Å². The zero-order valence-corrected chi connectivity index (χ0v) is 22.7. The van der Waals surface area contributed by atoms with Gasteiger partial charge in [-0.15, -0.1) is 0 Å². The molecule has 0 saturated heterocycles. The van der Waals surface area contributed by atoms with Crippen LogP contribution in [0.5, 0.6) is 0 Å². The molecular formula is C25H29Cl2N3O5S. The second-order valence-corrected chi connectivity index (χ2v) is 11.7. The molecule has 3 rings (SSSR count). The maximum atomic E-state index is 13.3. The Morgan fingerprint density at radius 3 is 2.42 bits per heavy atom. The number of rotatable bonds is 10. The van der Waals surface area contributed by atoms with Crippen molar-refractivity contribution in [2.24, 2.45) is 5.92 Å². The summed E-state index contributed by atoms with van der Waals surface area (Å²) >= 11 is 12.3. The average Bonchev–Trinajstić information content (AvgIpc) is 3.02. The van der Waals surface area contributed by atoms with Crippen molar-refractivity contribution in [3.8, 4) is 0 Å². The first kappa shape index (κ1) is 28.0. The van der Waals surface area contributed by atoms with Gasteiger partial charge in [0.2, 0.25) is 11.8 Å². The SMILES string of the molecule is CC(C)CNC(=O)C(C)N(Cc1ccc(Cl)cc1Cl)C(=O)CCCN1C(=O)c2ccccc2S1(=O)=O. The smallest absolute Gasteiger partial charge is 0.269 e. The van der Waals surface area contributed by atoms with Crippen molar-refractivity contribution in [3.63, 3.8) is 0 Å². The van der Waals surface area contributed by atoms with Gasteiger partial charge < -0.3 is 10.2 Å². The minimum absolute atomic E-state index is 0.0317. The van der Waals surface area contributed by atoms with Gasteiger partial charge in [-0.2, -0.15) is 0 Å². The minimum Gasteiger partial charge on any atom is -0.354 e. The number of halogens is 2. The van der Waals surface area contributed by atoms with Crippen LogP contribution in [0.3, 0.4) is 0 Å².